The number of anilines is 1. The van der Waals surface area contributed by atoms with Crippen molar-refractivity contribution in [2.75, 3.05) is 5.32 Å². The largest absolute Gasteiger partial charge is 0.322 e. The van der Waals surface area contributed by atoms with Gasteiger partial charge in [-0.2, -0.15) is 0 Å². The molecule has 1 fully saturated rings. The van der Waals surface area contributed by atoms with Crippen molar-refractivity contribution in [2.24, 2.45) is 0 Å². The third-order valence-corrected chi connectivity index (χ3v) is 3.80. The van der Waals surface area contributed by atoms with Crippen molar-refractivity contribution in [1.29, 1.82) is 0 Å². The summed E-state index contributed by atoms with van der Waals surface area (Å²) in [6.07, 6.45) is 2.34. The minimum Gasteiger partial charge on any atom is -0.322 e. The summed E-state index contributed by atoms with van der Waals surface area (Å²) in [5, 5.41) is 24.3. The SMILES string of the molecule is O=C(Nc1ccc(C2CC2)cc1)c1cc([N+](=O)[O-])cc([N+](=O)[O-])c1. The first-order chi connectivity index (χ1) is 11.4. The molecule has 1 amide bonds. The molecule has 0 heterocycles. The fraction of sp³-hybridized carbons (Fsp3) is 0.188. The Balaban J connectivity index is 1.83. The van der Waals surface area contributed by atoms with E-state index in [-0.39, 0.29) is 5.56 Å². The fourth-order valence-corrected chi connectivity index (χ4v) is 2.40. The van der Waals surface area contributed by atoms with Crippen LogP contribution >= 0.6 is 0 Å². The number of hydrogen-bond donors (Lipinski definition) is 1. The van der Waals surface area contributed by atoms with Crippen LogP contribution in [0.1, 0.15) is 34.7 Å². The Kier molecular flexibility index (Phi) is 3.95. The van der Waals surface area contributed by atoms with Gasteiger partial charge in [-0.1, -0.05) is 12.1 Å². The average molecular weight is 327 g/mol. The van der Waals surface area contributed by atoms with Crippen LogP contribution in [0, 0.1) is 20.2 Å². The number of benzene rings is 2. The Morgan fingerprint density at radius 1 is 0.958 bits per heavy atom. The average Bonchev–Trinajstić information content (AvgIpc) is 3.40. The van der Waals surface area contributed by atoms with Crippen molar-refractivity contribution >= 4 is 23.0 Å². The molecule has 0 aliphatic heterocycles. The molecule has 0 aromatic heterocycles. The number of hydrogen-bond acceptors (Lipinski definition) is 5. The maximum atomic E-state index is 12.2. The van der Waals surface area contributed by atoms with Gasteiger partial charge in [0.05, 0.1) is 21.5 Å². The summed E-state index contributed by atoms with van der Waals surface area (Å²) in [5.74, 6) is -0.0462. The molecular weight excluding hydrogens is 314 g/mol. The van der Waals surface area contributed by atoms with Gasteiger partial charge in [0.25, 0.3) is 17.3 Å². The van der Waals surface area contributed by atoms with Crippen LogP contribution in [-0.4, -0.2) is 15.8 Å². The maximum Gasteiger partial charge on any atom is 0.277 e. The van der Waals surface area contributed by atoms with Gasteiger partial charge in [-0.15, -0.1) is 0 Å². The molecular formula is C16H13N3O5. The minimum absolute atomic E-state index is 0.137. The second-order valence-electron chi connectivity index (χ2n) is 5.60. The topological polar surface area (TPSA) is 115 Å². The van der Waals surface area contributed by atoms with Crippen LogP contribution in [0.2, 0.25) is 0 Å². The second-order valence-corrected chi connectivity index (χ2v) is 5.60. The molecule has 0 spiro atoms. The Bertz CT molecular complexity index is 796. The molecule has 1 N–H and O–H groups in total. The first-order valence-corrected chi connectivity index (χ1v) is 7.29. The van der Waals surface area contributed by atoms with E-state index in [0.717, 1.165) is 18.2 Å². The molecule has 0 unspecified atom stereocenters. The lowest BCUT2D eigenvalue weighted by Gasteiger charge is -2.06. The molecule has 3 rings (SSSR count). The van der Waals surface area contributed by atoms with Crippen LogP contribution in [0.5, 0.6) is 0 Å². The van der Waals surface area contributed by atoms with Crippen LogP contribution in [0.25, 0.3) is 0 Å². The number of amides is 1. The monoisotopic (exact) mass is 327 g/mol. The van der Waals surface area contributed by atoms with Gasteiger partial charge < -0.3 is 5.32 Å². The Morgan fingerprint density at radius 2 is 1.50 bits per heavy atom. The molecule has 8 heteroatoms. The zero-order chi connectivity index (χ0) is 17.3. The van der Waals surface area contributed by atoms with Gasteiger partial charge in [-0.3, -0.25) is 25.0 Å². The van der Waals surface area contributed by atoms with E-state index in [1.54, 1.807) is 12.1 Å². The Hall–Kier alpha value is -3.29. The van der Waals surface area contributed by atoms with Gasteiger partial charge >= 0.3 is 0 Å². The predicted molar refractivity (Wildman–Crippen MR) is 86.1 cm³/mol. The molecule has 24 heavy (non-hydrogen) atoms. The predicted octanol–water partition coefficient (Wildman–Crippen LogP) is 3.63. The Labute approximate surface area is 136 Å². The van der Waals surface area contributed by atoms with Gasteiger partial charge in [-0.25, -0.2) is 0 Å². The van der Waals surface area contributed by atoms with Crippen LogP contribution in [0.3, 0.4) is 0 Å². The molecule has 8 nitrogen and oxygen atoms in total. The van der Waals surface area contributed by atoms with Crippen molar-refractivity contribution in [1.82, 2.24) is 0 Å². The zero-order valence-electron chi connectivity index (χ0n) is 12.5. The van der Waals surface area contributed by atoms with Gasteiger partial charge in [0.15, 0.2) is 0 Å². The van der Waals surface area contributed by atoms with Gasteiger partial charge in [0.2, 0.25) is 0 Å². The lowest BCUT2D eigenvalue weighted by molar-refractivity contribution is -0.394. The molecule has 1 saturated carbocycles. The number of nitro groups is 2. The summed E-state index contributed by atoms with van der Waals surface area (Å²) in [7, 11) is 0. The van der Waals surface area contributed by atoms with E-state index in [4.69, 9.17) is 0 Å². The van der Waals surface area contributed by atoms with Crippen molar-refractivity contribution in [3.05, 3.63) is 73.8 Å². The highest BCUT2D eigenvalue weighted by Crippen LogP contribution is 2.40. The zero-order valence-corrected chi connectivity index (χ0v) is 12.5. The van der Waals surface area contributed by atoms with Crippen molar-refractivity contribution in [2.45, 2.75) is 18.8 Å². The third-order valence-electron chi connectivity index (χ3n) is 3.80. The van der Waals surface area contributed by atoms with E-state index in [0.29, 0.717) is 11.6 Å². The molecule has 0 bridgehead atoms. The van der Waals surface area contributed by atoms with Crippen molar-refractivity contribution < 1.29 is 14.6 Å². The highest BCUT2D eigenvalue weighted by molar-refractivity contribution is 6.05. The Morgan fingerprint density at radius 3 is 1.96 bits per heavy atom. The number of carbonyl (C=O) groups is 1. The summed E-state index contributed by atoms with van der Waals surface area (Å²) < 4.78 is 0. The van der Waals surface area contributed by atoms with Crippen LogP contribution in [-0.2, 0) is 0 Å². The quantitative estimate of drug-likeness (QED) is 0.665. The van der Waals surface area contributed by atoms with Crippen molar-refractivity contribution in [3.8, 4) is 0 Å². The van der Waals surface area contributed by atoms with Crippen molar-refractivity contribution in [3.63, 3.8) is 0 Å². The molecule has 0 atom stereocenters. The van der Waals surface area contributed by atoms with E-state index < -0.39 is 27.1 Å². The molecule has 1 aliphatic rings. The van der Waals surface area contributed by atoms with E-state index in [1.807, 2.05) is 12.1 Å². The van der Waals surface area contributed by atoms with Crippen LogP contribution in [0.4, 0.5) is 17.1 Å². The number of carbonyl (C=O) groups excluding carboxylic acids is 1. The number of nitro benzene ring substituents is 2. The van der Waals surface area contributed by atoms with E-state index >= 15 is 0 Å². The summed E-state index contributed by atoms with van der Waals surface area (Å²) in [5.41, 5.74) is 0.594. The first kappa shape index (κ1) is 15.6. The summed E-state index contributed by atoms with van der Waals surface area (Å²) in [6, 6.07) is 10.2. The van der Waals surface area contributed by atoms with Crippen LogP contribution in [0.15, 0.2) is 42.5 Å². The number of nitrogens with one attached hydrogen (secondary N) is 1. The lowest BCUT2D eigenvalue weighted by Crippen LogP contribution is -2.12. The minimum atomic E-state index is -0.770. The lowest BCUT2D eigenvalue weighted by atomic mass is 10.1. The maximum absolute atomic E-state index is 12.2. The summed E-state index contributed by atoms with van der Waals surface area (Å²) in [6.45, 7) is 0. The first-order valence-electron chi connectivity index (χ1n) is 7.29. The highest BCUT2D eigenvalue weighted by atomic mass is 16.6. The molecule has 2 aromatic carbocycles. The number of non-ortho nitro benzene ring substituents is 2. The van der Waals surface area contributed by atoms with Gasteiger partial charge in [0.1, 0.15) is 0 Å². The highest BCUT2D eigenvalue weighted by Gasteiger charge is 2.23. The molecule has 1 aliphatic carbocycles. The number of nitrogens with zero attached hydrogens (tertiary/aromatic N) is 2. The van der Waals surface area contributed by atoms with E-state index in [1.165, 1.54) is 18.4 Å². The molecule has 0 saturated heterocycles. The van der Waals surface area contributed by atoms with Gasteiger partial charge in [0, 0.05) is 17.8 Å². The normalized spacial score (nSPS) is 13.3. The van der Waals surface area contributed by atoms with Gasteiger partial charge in [-0.05, 0) is 36.5 Å². The fourth-order valence-electron chi connectivity index (χ4n) is 2.40. The van der Waals surface area contributed by atoms with E-state index in [2.05, 4.69) is 5.32 Å². The smallest absolute Gasteiger partial charge is 0.277 e. The third kappa shape index (κ3) is 3.37. The summed E-state index contributed by atoms with van der Waals surface area (Å²) in [4.78, 5) is 32.4. The number of rotatable bonds is 5. The second kappa shape index (κ2) is 6.07. The standard InChI is InChI=1S/C16H13N3O5/c20-16(17-13-5-3-11(4-6-13)10-1-2-10)12-7-14(18(21)22)9-15(8-12)19(23)24/h3-10H,1-2H2,(H,17,20). The molecule has 2 aromatic rings. The summed E-state index contributed by atoms with van der Waals surface area (Å²) >= 11 is 0. The van der Waals surface area contributed by atoms with E-state index in [9.17, 15) is 25.0 Å². The molecule has 0 radical (unpaired) electrons. The molecule has 122 valence electrons. The van der Waals surface area contributed by atoms with Crippen LogP contribution < -0.4 is 5.32 Å².